The van der Waals surface area contributed by atoms with Crippen molar-refractivity contribution in [3.05, 3.63) is 59.2 Å². The Morgan fingerprint density at radius 1 is 1.25 bits per heavy atom. The SMILES string of the molecule is N#Cc1cc(N)ccc1NC(=O)c1cccc(F)c1F. The van der Waals surface area contributed by atoms with Crippen molar-refractivity contribution in [2.75, 3.05) is 11.1 Å². The molecule has 20 heavy (non-hydrogen) atoms. The number of nitrogen functional groups attached to an aromatic ring is 1. The van der Waals surface area contributed by atoms with Gasteiger partial charge in [0.2, 0.25) is 0 Å². The van der Waals surface area contributed by atoms with E-state index in [9.17, 15) is 13.6 Å². The van der Waals surface area contributed by atoms with Crippen LogP contribution in [0.5, 0.6) is 0 Å². The zero-order valence-corrected chi connectivity index (χ0v) is 10.2. The van der Waals surface area contributed by atoms with Crippen LogP contribution >= 0.6 is 0 Å². The number of hydrogen-bond acceptors (Lipinski definition) is 3. The minimum Gasteiger partial charge on any atom is -0.399 e. The van der Waals surface area contributed by atoms with Crippen molar-refractivity contribution in [2.45, 2.75) is 0 Å². The molecule has 0 unspecified atom stereocenters. The van der Waals surface area contributed by atoms with Gasteiger partial charge in [-0.1, -0.05) is 6.07 Å². The molecule has 2 aromatic rings. The van der Waals surface area contributed by atoms with Crippen molar-refractivity contribution in [1.29, 1.82) is 5.26 Å². The second-order valence-corrected chi connectivity index (χ2v) is 3.97. The highest BCUT2D eigenvalue weighted by Crippen LogP contribution is 2.20. The molecule has 3 N–H and O–H groups in total. The molecule has 0 aliphatic carbocycles. The number of amides is 1. The Morgan fingerprint density at radius 3 is 2.70 bits per heavy atom. The number of nitrogens with two attached hydrogens (primary N) is 1. The van der Waals surface area contributed by atoms with Gasteiger partial charge in [-0.05, 0) is 30.3 Å². The van der Waals surface area contributed by atoms with E-state index in [1.54, 1.807) is 0 Å². The van der Waals surface area contributed by atoms with Crippen molar-refractivity contribution in [3.8, 4) is 6.07 Å². The first-order valence-corrected chi connectivity index (χ1v) is 5.58. The summed E-state index contributed by atoms with van der Waals surface area (Å²) >= 11 is 0. The molecule has 0 spiro atoms. The van der Waals surface area contributed by atoms with Crippen LogP contribution in [0.1, 0.15) is 15.9 Å². The lowest BCUT2D eigenvalue weighted by atomic mass is 10.1. The van der Waals surface area contributed by atoms with E-state index in [-0.39, 0.29) is 11.3 Å². The summed E-state index contributed by atoms with van der Waals surface area (Å²) in [6.07, 6.45) is 0. The minimum atomic E-state index is -1.24. The van der Waals surface area contributed by atoms with Gasteiger partial charge in [0.25, 0.3) is 5.91 Å². The number of nitrogens with one attached hydrogen (secondary N) is 1. The van der Waals surface area contributed by atoms with Gasteiger partial charge < -0.3 is 11.1 Å². The molecule has 100 valence electrons. The highest BCUT2D eigenvalue weighted by molar-refractivity contribution is 6.05. The van der Waals surface area contributed by atoms with Crippen molar-refractivity contribution in [1.82, 2.24) is 0 Å². The molecule has 0 fully saturated rings. The van der Waals surface area contributed by atoms with E-state index >= 15 is 0 Å². The van der Waals surface area contributed by atoms with Crippen LogP contribution in [-0.4, -0.2) is 5.91 Å². The van der Waals surface area contributed by atoms with Crippen molar-refractivity contribution < 1.29 is 13.6 Å². The van der Waals surface area contributed by atoms with Gasteiger partial charge in [-0.15, -0.1) is 0 Å². The average Bonchev–Trinajstić information content (AvgIpc) is 2.43. The van der Waals surface area contributed by atoms with Crippen molar-refractivity contribution in [3.63, 3.8) is 0 Å². The molecule has 0 bridgehead atoms. The average molecular weight is 273 g/mol. The number of rotatable bonds is 2. The number of nitriles is 1. The lowest BCUT2D eigenvalue weighted by Gasteiger charge is -2.08. The van der Waals surface area contributed by atoms with Crippen LogP contribution in [0.15, 0.2) is 36.4 Å². The van der Waals surface area contributed by atoms with Gasteiger partial charge in [0.1, 0.15) is 6.07 Å². The summed E-state index contributed by atoms with van der Waals surface area (Å²) in [4.78, 5) is 11.9. The van der Waals surface area contributed by atoms with Crippen LogP contribution in [0.4, 0.5) is 20.2 Å². The van der Waals surface area contributed by atoms with Crippen LogP contribution in [0.25, 0.3) is 0 Å². The fourth-order valence-corrected chi connectivity index (χ4v) is 1.63. The molecule has 0 saturated carbocycles. The first kappa shape index (κ1) is 13.5. The largest absolute Gasteiger partial charge is 0.399 e. The summed E-state index contributed by atoms with van der Waals surface area (Å²) in [5.74, 6) is -3.20. The van der Waals surface area contributed by atoms with E-state index in [1.807, 2.05) is 6.07 Å². The molecule has 4 nitrogen and oxygen atoms in total. The third-order valence-corrected chi connectivity index (χ3v) is 2.61. The maximum atomic E-state index is 13.5. The van der Waals surface area contributed by atoms with E-state index in [2.05, 4.69) is 5.32 Å². The first-order chi connectivity index (χ1) is 9.52. The molecule has 1 amide bonds. The van der Waals surface area contributed by atoms with Crippen molar-refractivity contribution in [2.24, 2.45) is 0 Å². The number of nitrogens with zero attached hydrogens (tertiary/aromatic N) is 1. The predicted molar refractivity (Wildman–Crippen MR) is 69.9 cm³/mol. The Balaban J connectivity index is 2.33. The number of carbonyl (C=O) groups excluding carboxylic acids is 1. The Labute approximate surface area is 113 Å². The summed E-state index contributed by atoms with van der Waals surface area (Å²) < 4.78 is 26.5. The zero-order chi connectivity index (χ0) is 14.7. The highest BCUT2D eigenvalue weighted by Gasteiger charge is 2.16. The molecule has 0 atom stereocenters. The monoisotopic (exact) mass is 273 g/mol. The maximum Gasteiger partial charge on any atom is 0.258 e. The second kappa shape index (κ2) is 5.36. The number of halogens is 2. The van der Waals surface area contributed by atoms with E-state index in [4.69, 9.17) is 11.0 Å². The Morgan fingerprint density at radius 2 is 2.00 bits per heavy atom. The lowest BCUT2D eigenvalue weighted by Crippen LogP contribution is -2.15. The first-order valence-electron chi connectivity index (χ1n) is 5.58. The van der Waals surface area contributed by atoms with Gasteiger partial charge in [0, 0.05) is 5.69 Å². The normalized spacial score (nSPS) is 9.85. The van der Waals surface area contributed by atoms with Crippen LogP contribution in [0.2, 0.25) is 0 Å². The van der Waals surface area contributed by atoms with Crippen LogP contribution in [0, 0.1) is 23.0 Å². The number of anilines is 2. The van der Waals surface area contributed by atoms with Crippen molar-refractivity contribution >= 4 is 17.3 Å². The molecule has 2 rings (SSSR count). The highest BCUT2D eigenvalue weighted by atomic mass is 19.2. The molecule has 0 heterocycles. The van der Waals surface area contributed by atoms with E-state index in [1.165, 1.54) is 24.3 Å². The minimum absolute atomic E-state index is 0.134. The molecule has 0 saturated heterocycles. The predicted octanol–water partition coefficient (Wildman–Crippen LogP) is 2.67. The second-order valence-electron chi connectivity index (χ2n) is 3.97. The fourth-order valence-electron chi connectivity index (χ4n) is 1.63. The topological polar surface area (TPSA) is 78.9 Å². The van der Waals surface area contributed by atoms with Gasteiger partial charge >= 0.3 is 0 Å². The molecule has 0 aliphatic rings. The Kier molecular flexibility index (Phi) is 3.62. The summed E-state index contributed by atoms with van der Waals surface area (Å²) in [5.41, 5.74) is 5.74. The van der Waals surface area contributed by atoms with Gasteiger partial charge in [0.05, 0.1) is 16.8 Å². The maximum absolute atomic E-state index is 13.5. The lowest BCUT2D eigenvalue weighted by molar-refractivity contribution is 0.102. The fraction of sp³-hybridized carbons (Fsp3) is 0. The van der Waals surface area contributed by atoms with Gasteiger partial charge in [0.15, 0.2) is 11.6 Å². The molecule has 0 aliphatic heterocycles. The third-order valence-electron chi connectivity index (χ3n) is 2.61. The van der Waals surface area contributed by atoms with E-state index in [0.717, 1.165) is 12.1 Å². The Hall–Kier alpha value is -2.94. The summed E-state index contributed by atoms with van der Waals surface area (Å²) in [6, 6.07) is 9.42. The molecular formula is C14H9F2N3O. The van der Waals surface area contributed by atoms with Crippen LogP contribution < -0.4 is 11.1 Å². The molecular weight excluding hydrogens is 264 g/mol. The number of benzene rings is 2. The summed E-state index contributed by atoms with van der Waals surface area (Å²) in [6.45, 7) is 0. The molecule has 0 radical (unpaired) electrons. The Bertz CT molecular complexity index is 723. The van der Waals surface area contributed by atoms with E-state index < -0.39 is 23.1 Å². The molecule has 0 aromatic heterocycles. The number of carbonyl (C=O) groups is 1. The third kappa shape index (κ3) is 2.57. The number of hydrogen-bond donors (Lipinski definition) is 2. The van der Waals surface area contributed by atoms with Crippen LogP contribution in [0.3, 0.4) is 0 Å². The van der Waals surface area contributed by atoms with E-state index in [0.29, 0.717) is 5.69 Å². The van der Waals surface area contributed by atoms with Gasteiger partial charge in [-0.25, -0.2) is 8.78 Å². The zero-order valence-electron chi connectivity index (χ0n) is 10.2. The standard InChI is InChI=1S/C14H9F2N3O/c15-11-3-1-2-10(13(11)16)14(20)19-12-5-4-9(18)6-8(12)7-17/h1-6H,18H2,(H,19,20). The molecule has 2 aromatic carbocycles. The summed E-state index contributed by atoms with van der Waals surface area (Å²) in [7, 11) is 0. The molecule has 6 heteroatoms. The van der Waals surface area contributed by atoms with Gasteiger partial charge in [-0.2, -0.15) is 5.26 Å². The quantitative estimate of drug-likeness (QED) is 0.825. The summed E-state index contributed by atoms with van der Waals surface area (Å²) in [5, 5.41) is 11.3. The van der Waals surface area contributed by atoms with Gasteiger partial charge in [-0.3, -0.25) is 4.79 Å². The smallest absolute Gasteiger partial charge is 0.258 e. The van der Waals surface area contributed by atoms with Crippen LogP contribution in [-0.2, 0) is 0 Å².